The van der Waals surface area contributed by atoms with Crippen LogP contribution in [0.5, 0.6) is 5.75 Å². The molecule has 0 saturated carbocycles. The Hall–Kier alpha value is -2.67. The molecule has 1 N–H and O–H groups in total. The Balaban J connectivity index is 2.13. The lowest BCUT2D eigenvalue weighted by Gasteiger charge is -2.13. The van der Waals surface area contributed by atoms with Crippen molar-refractivity contribution in [3.05, 3.63) is 62.6 Å². The lowest BCUT2D eigenvalue weighted by atomic mass is 10.2. The van der Waals surface area contributed by atoms with E-state index < -0.39 is 0 Å². The van der Waals surface area contributed by atoms with E-state index in [2.05, 4.69) is 26.0 Å². The van der Waals surface area contributed by atoms with Crippen LogP contribution in [0.2, 0.25) is 0 Å². The van der Waals surface area contributed by atoms with Crippen molar-refractivity contribution in [3.8, 4) is 5.75 Å². The fraction of sp³-hybridized carbons (Fsp3) is 0.250. The monoisotopic (exact) mass is 428 g/mol. The molecular formula is C20H21BrN4O2. The number of hydrogen-bond donors (Lipinski definition) is 1. The molecule has 1 aromatic heterocycles. The fourth-order valence-corrected chi connectivity index (χ4v) is 3.05. The average Bonchev–Trinajstić information content (AvgIpc) is 2.61. The van der Waals surface area contributed by atoms with Gasteiger partial charge in [-0.1, -0.05) is 29.8 Å². The third kappa shape index (κ3) is 3.88. The predicted octanol–water partition coefficient (Wildman–Crippen LogP) is 3.94. The van der Waals surface area contributed by atoms with Gasteiger partial charge in [0.05, 0.1) is 17.1 Å². The molecule has 3 aromatic rings. The van der Waals surface area contributed by atoms with E-state index in [4.69, 9.17) is 0 Å². The second-order valence-electron chi connectivity index (χ2n) is 6.79. The van der Waals surface area contributed by atoms with Gasteiger partial charge in [0.25, 0.3) is 5.56 Å². The highest BCUT2D eigenvalue weighted by Crippen LogP contribution is 2.23. The topological polar surface area (TPSA) is 70.7 Å². The van der Waals surface area contributed by atoms with Crippen molar-refractivity contribution in [1.29, 1.82) is 0 Å². The number of phenolic OH excluding ortho intramolecular Hbond substituents is 1. The summed E-state index contributed by atoms with van der Waals surface area (Å²) in [6.07, 6.45) is 1.48. The van der Waals surface area contributed by atoms with Gasteiger partial charge in [-0.3, -0.25) is 4.79 Å². The van der Waals surface area contributed by atoms with E-state index in [9.17, 15) is 9.90 Å². The third-order valence-corrected chi connectivity index (χ3v) is 4.69. The molecule has 2 aromatic carbocycles. The van der Waals surface area contributed by atoms with Crippen molar-refractivity contribution in [2.45, 2.75) is 19.8 Å². The summed E-state index contributed by atoms with van der Waals surface area (Å²) < 4.78 is 2.11. The molecule has 0 amide bonds. The van der Waals surface area contributed by atoms with E-state index in [1.807, 2.05) is 51.0 Å². The predicted molar refractivity (Wildman–Crippen MR) is 113 cm³/mol. The molecule has 27 heavy (non-hydrogen) atoms. The number of halogens is 1. The second kappa shape index (κ2) is 7.52. The van der Waals surface area contributed by atoms with E-state index in [1.165, 1.54) is 10.9 Å². The lowest BCUT2D eigenvalue weighted by Crippen LogP contribution is -2.23. The zero-order chi connectivity index (χ0) is 19.7. The molecule has 0 aliphatic rings. The molecule has 0 fully saturated rings. The summed E-state index contributed by atoms with van der Waals surface area (Å²) >= 11 is 3.39. The second-order valence-corrected chi connectivity index (χ2v) is 7.70. The van der Waals surface area contributed by atoms with Crippen molar-refractivity contribution in [2.24, 2.45) is 5.10 Å². The van der Waals surface area contributed by atoms with Crippen molar-refractivity contribution in [2.75, 3.05) is 19.0 Å². The van der Waals surface area contributed by atoms with Gasteiger partial charge in [0.15, 0.2) is 0 Å². The molecule has 3 rings (SSSR count). The van der Waals surface area contributed by atoms with E-state index >= 15 is 0 Å². The molecule has 7 heteroatoms. The van der Waals surface area contributed by atoms with Gasteiger partial charge in [0.1, 0.15) is 11.6 Å². The normalized spacial score (nSPS) is 11.6. The van der Waals surface area contributed by atoms with Gasteiger partial charge in [0.2, 0.25) is 0 Å². The van der Waals surface area contributed by atoms with Crippen molar-refractivity contribution in [3.63, 3.8) is 0 Å². The van der Waals surface area contributed by atoms with Crippen LogP contribution in [0.25, 0.3) is 10.9 Å². The van der Waals surface area contributed by atoms with Crippen LogP contribution >= 0.6 is 15.9 Å². The molecule has 0 aliphatic heterocycles. The number of aromatic hydroxyl groups is 1. The van der Waals surface area contributed by atoms with Gasteiger partial charge in [-0.15, -0.1) is 0 Å². The molecule has 1 heterocycles. The van der Waals surface area contributed by atoms with Crippen LogP contribution in [0.3, 0.4) is 0 Å². The lowest BCUT2D eigenvalue weighted by molar-refractivity contribution is 0.474. The Morgan fingerprint density at radius 3 is 2.59 bits per heavy atom. The largest absolute Gasteiger partial charge is 0.507 e. The highest BCUT2D eigenvalue weighted by Gasteiger charge is 2.14. The van der Waals surface area contributed by atoms with Gasteiger partial charge >= 0.3 is 0 Å². The highest BCUT2D eigenvalue weighted by molar-refractivity contribution is 9.10. The molecule has 0 bridgehead atoms. The van der Waals surface area contributed by atoms with E-state index in [1.54, 1.807) is 18.2 Å². The van der Waals surface area contributed by atoms with Crippen molar-refractivity contribution < 1.29 is 5.11 Å². The summed E-state index contributed by atoms with van der Waals surface area (Å²) in [7, 11) is 3.80. The first-order valence-electron chi connectivity index (χ1n) is 8.55. The maximum absolute atomic E-state index is 13.0. The van der Waals surface area contributed by atoms with Gasteiger partial charge < -0.3 is 10.0 Å². The molecule has 6 nitrogen and oxygen atoms in total. The summed E-state index contributed by atoms with van der Waals surface area (Å²) in [4.78, 5) is 19.5. The maximum Gasteiger partial charge on any atom is 0.282 e. The number of rotatable bonds is 4. The van der Waals surface area contributed by atoms with E-state index in [0.29, 0.717) is 22.3 Å². The van der Waals surface area contributed by atoms with E-state index in [-0.39, 0.29) is 17.2 Å². The smallest absolute Gasteiger partial charge is 0.282 e. The molecule has 140 valence electrons. The number of aromatic nitrogens is 2. The van der Waals surface area contributed by atoms with Gasteiger partial charge in [-0.25, -0.2) is 4.98 Å². The molecule has 0 saturated heterocycles. The van der Waals surface area contributed by atoms with Gasteiger partial charge in [-0.05, 0) is 30.3 Å². The number of phenols is 1. The van der Waals surface area contributed by atoms with Crippen molar-refractivity contribution >= 4 is 38.7 Å². The molecule has 0 aliphatic carbocycles. The Labute approximate surface area is 165 Å². The summed E-state index contributed by atoms with van der Waals surface area (Å²) in [6, 6.07) is 10.7. The van der Waals surface area contributed by atoms with Crippen LogP contribution in [0.1, 0.15) is 31.2 Å². The minimum atomic E-state index is -0.245. The first-order valence-corrected chi connectivity index (χ1v) is 9.34. The number of benzene rings is 2. The Bertz CT molecular complexity index is 1090. The minimum Gasteiger partial charge on any atom is -0.507 e. The first-order chi connectivity index (χ1) is 12.8. The molecule has 0 radical (unpaired) electrons. The Kier molecular flexibility index (Phi) is 5.32. The zero-order valence-corrected chi connectivity index (χ0v) is 17.2. The molecular weight excluding hydrogens is 408 g/mol. The molecule has 0 spiro atoms. The first kappa shape index (κ1) is 19.1. The van der Waals surface area contributed by atoms with Crippen LogP contribution in [0, 0.1) is 0 Å². The zero-order valence-electron chi connectivity index (χ0n) is 15.6. The maximum atomic E-state index is 13.0. The Morgan fingerprint density at radius 2 is 1.96 bits per heavy atom. The average molecular weight is 429 g/mol. The van der Waals surface area contributed by atoms with Gasteiger partial charge in [0, 0.05) is 41.8 Å². The van der Waals surface area contributed by atoms with Crippen LogP contribution < -0.4 is 10.5 Å². The standard InChI is InChI=1S/C20H21BrN4O2/c1-12(2)19-23-17-8-6-14(21)9-16(17)20(27)25(19)22-11-13-5-7-15(24(3)4)10-18(13)26/h5-12,26H,1-4H3. The summed E-state index contributed by atoms with van der Waals surface area (Å²) in [5, 5.41) is 15.1. The third-order valence-electron chi connectivity index (χ3n) is 4.19. The van der Waals surface area contributed by atoms with E-state index in [0.717, 1.165) is 10.2 Å². The highest BCUT2D eigenvalue weighted by atomic mass is 79.9. The SMILES string of the molecule is CC(C)c1nc2ccc(Br)cc2c(=O)n1N=Cc1ccc(N(C)C)cc1O. The number of nitrogens with zero attached hydrogens (tertiary/aromatic N) is 4. The molecule has 0 unspecified atom stereocenters. The fourth-order valence-electron chi connectivity index (χ4n) is 2.69. The number of anilines is 1. The van der Waals surface area contributed by atoms with Crippen LogP contribution in [-0.4, -0.2) is 35.1 Å². The summed E-state index contributed by atoms with van der Waals surface area (Å²) in [6.45, 7) is 3.92. The number of hydrogen-bond acceptors (Lipinski definition) is 5. The van der Waals surface area contributed by atoms with Gasteiger partial charge in [-0.2, -0.15) is 9.78 Å². The summed E-state index contributed by atoms with van der Waals surface area (Å²) in [5.74, 6) is 0.670. The van der Waals surface area contributed by atoms with Crippen molar-refractivity contribution in [1.82, 2.24) is 9.66 Å². The summed E-state index contributed by atoms with van der Waals surface area (Å²) in [5.41, 5.74) is 1.79. The number of fused-ring (bicyclic) bond motifs is 1. The van der Waals surface area contributed by atoms with Crippen LogP contribution in [0.4, 0.5) is 5.69 Å². The van der Waals surface area contributed by atoms with Crippen LogP contribution in [0.15, 0.2) is 50.8 Å². The minimum absolute atomic E-state index is 0.00705. The molecule has 0 atom stereocenters. The Morgan fingerprint density at radius 1 is 1.22 bits per heavy atom. The quantitative estimate of drug-likeness (QED) is 0.638. The van der Waals surface area contributed by atoms with Crippen LogP contribution in [-0.2, 0) is 0 Å².